The van der Waals surface area contributed by atoms with Crippen LogP contribution in [0.2, 0.25) is 0 Å². The number of anilines is 2. The van der Waals surface area contributed by atoms with Crippen LogP contribution in [0.5, 0.6) is 5.75 Å². The number of esters is 1. The van der Waals surface area contributed by atoms with E-state index >= 15 is 0 Å². The number of carbonyl (C=O) groups excluding carboxylic acids is 3. The van der Waals surface area contributed by atoms with Gasteiger partial charge in [0, 0.05) is 24.5 Å². The average molecular weight is 496 g/mol. The highest BCUT2D eigenvalue weighted by Gasteiger charge is 2.28. The molecule has 9 nitrogen and oxygen atoms in total. The van der Waals surface area contributed by atoms with Crippen LogP contribution in [0.1, 0.15) is 22.3 Å². The molecule has 10 heteroatoms. The smallest absolute Gasteiger partial charge is 0.340 e. The minimum atomic E-state index is -0.533. The average Bonchev–Trinajstić information content (AvgIpc) is 3.34. The summed E-state index contributed by atoms with van der Waals surface area (Å²) < 4.78 is 15.7. The minimum Gasteiger partial charge on any atom is -0.482 e. The van der Waals surface area contributed by atoms with E-state index in [1.54, 1.807) is 50.4 Å². The van der Waals surface area contributed by atoms with E-state index in [1.165, 1.54) is 16.2 Å². The van der Waals surface area contributed by atoms with Gasteiger partial charge in [0.2, 0.25) is 5.91 Å². The third-order valence-corrected chi connectivity index (χ3v) is 6.18. The number of hydrogen-bond acceptors (Lipinski definition) is 8. The normalized spacial score (nSPS) is 12.6. The fourth-order valence-electron chi connectivity index (χ4n) is 3.59. The van der Waals surface area contributed by atoms with Gasteiger partial charge in [0.25, 0.3) is 5.91 Å². The molecule has 1 aliphatic heterocycles. The molecular weight excluding hydrogens is 470 g/mol. The number of hydrogen-bond donors (Lipinski definition) is 1. The summed E-state index contributed by atoms with van der Waals surface area (Å²) in [5.41, 5.74) is 2.62. The molecule has 0 bridgehead atoms. The number of rotatable bonds is 9. The predicted molar refractivity (Wildman–Crippen MR) is 132 cm³/mol. The molecule has 0 saturated heterocycles. The number of nitrogens with one attached hydrogen (secondary N) is 1. The molecule has 0 atom stereocenters. The minimum absolute atomic E-state index is 0.170. The topological polar surface area (TPSA) is 107 Å². The van der Waals surface area contributed by atoms with Crippen LogP contribution in [0.25, 0.3) is 11.3 Å². The van der Waals surface area contributed by atoms with Crippen molar-refractivity contribution in [1.82, 2.24) is 4.98 Å². The monoisotopic (exact) mass is 495 g/mol. The Morgan fingerprint density at radius 1 is 1.23 bits per heavy atom. The zero-order valence-corrected chi connectivity index (χ0v) is 20.2. The van der Waals surface area contributed by atoms with E-state index in [0.717, 1.165) is 16.3 Å². The number of amides is 2. The summed E-state index contributed by atoms with van der Waals surface area (Å²) in [6, 6.07) is 12.0. The van der Waals surface area contributed by atoms with E-state index in [0.29, 0.717) is 30.2 Å². The van der Waals surface area contributed by atoms with Gasteiger partial charge in [-0.1, -0.05) is 12.1 Å². The number of benzene rings is 2. The molecule has 3 aromatic rings. The van der Waals surface area contributed by atoms with E-state index in [-0.39, 0.29) is 31.2 Å². The summed E-state index contributed by atoms with van der Waals surface area (Å²) in [7, 11) is 1.65. The zero-order valence-electron chi connectivity index (χ0n) is 19.4. The Morgan fingerprint density at radius 2 is 2.06 bits per heavy atom. The van der Waals surface area contributed by atoms with E-state index in [9.17, 15) is 14.4 Å². The number of ether oxygens (including phenoxy) is 3. The van der Waals surface area contributed by atoms with Crippen LogP contribution in [0.4, 0.5) is 11.4 Å². The largest absolute Gasteiger partial charge is 0.482 e. The highest BCUT2D eigenvalue weighted by Crippen LogP contribution is 2.36. The highest BCUT2D eigenvalue weighted by atomic mass is 32.1. The number of aromatic nitrogens is 1. The summed E-state index contributed by atoms with van der Waals surface area (Å²) in [5.74, 6) is -0.830. The molecular formula is C25H25N3O6S. The second kappa shape index (κ2) is 11.1. The van der Waals surface area contributed by atoms with Crippen LogP contribution < -0.4 is 15.0 Å². The maximum Gasteiger partial charge on any atom is 0.340 e. The first kappa shape index (κ1) is 24.4. The Hall–Kier alpha value is -3.76. The highest BCUT2D eigenvalue weighted by molar-refractivity contribution is 7.09. The van der Waals surface area contributed by atoms with Crippen molar-refractivity contribution in [2.24, 2.45) is 0 Å². The van der Waals surface area contributed by atoms with Gasteiger partial charge >= 0.3 is 5.97 Å². The lowest BCUT2D eigenvalue weighted by atomic mass is 10.1. The lowest BCUT2D eigenvalue weighted by molar-refractivity contribution is -0.123. The van der Waals surface area contributed by atoms with Gasteiger partial charge in [-0.05, 0) is 37.3 Å². The molecule has 1 aliphatic rings. The molecule has 2 heterocycles. The van der Waals surface area contributed by atoms with Crippen LogP contribution in [-0.4, -0.2) is 56.2 Å². The van der Waals surface area contributed by atoms with E-state index in [1.807, 2.05) is 11.4 Å². The van der Waals surface area contributed by atoms with Crippen molar-refractivity contribution in [3.05, 3.63) is 58.4 Å². The summed E-state index contributed by atoms with van der Waals surface area (Å²) in [6.45, 7) is 2.10. The molecule has 2 amide bonds. The molecule has 182 valence electrons. The molecule has 0 aliphatic carbocycles. The second-order valence-electron chi connectivity index (χ2n) is 7.63. The first-order valence-electron chi connectivity index (χ1n) is 11.1. The van der Waals surface area contributed by atoms with Crippen molar-refractivity contribution in [3.63, 3.8) is 0 Å². The first-order chi connectivity index (χ1) is 17.0. The molecule has 0 unspecified atom stereocenters. The van der Waals surface area contributed by atoms with Crippen molar-refractivity contribution in [1.29, 1.82) is 0 Å². The third-order valence-electron chi connectivity index (χ3n) is 5.27. The van der Waals surface area contributed by atoms with Crippen molar-refractivity contribution in [2.45, 2.75) is 13.3 Å². The lowest BCUT2D eigenvalue weighted by Crippen LogP contribution is -2.43. The van der Waals surface area contributed by atoms with Gasteiger partial charge in [0.1, 0.15) is 12.3 Å². The molecule has 1 aromatic heterocycles. The molecule has 0 radical (unpaired) electrons. The Labute approximate surface area is 206 Å². The van der Waals surface area contributed by atoms with Crippen molar-refractivity contribution in [2.75, 3.05) is 43.7 Å². The number of nitrogens with zero attached hydrogens (tertiary/aromatic N) is 2. The zero-order chi connectivity index (χ0) is 24.8. The van der Waals surface area contributed by atoms with Crippen molar-refractivity contribution < 1.29 is 28.6 Å². The summed E-state index contributed by atoms with van der Waals surface area (Å²) in [4.78, 5) is 43.8. The maximum absolute atomic E-state index is 12.9. The molecule has 0 spiro atoms. The molecule has 35 heavy (non-hydrogen) atoms. The SMILES string of the molecule is CCOC(=O)c1ccccc1NC(=O)CN1C(=O)COc2ccc(-c3csc(CCOC)n3)cc21. The Morgan fingerprint density at radius 3 is 2.86 bits per heavy atom. The van der Waals surface area contributed by atoms with Gasteiger partial charge in [-0.3, -0.25) is 14.5 Å². The van der Waals surface area contributed by atoms with Crippen molar-refractivity contribution in [3.8, 4) is 17.0 Å². The van der Waals surface area contributed by atoms with Gasteiger partial charge in [-0.15, -0.1) is 11.3 Å². The predicted octanol–water partition coefficient (Wildman–Crippen LogP) is 3.54. The Balaban J connectivity index is 1.54. The maximum atomic E-state index is 12.9. The number of para-hydroxylation sites is 1. The number of fused-ring (bicyclic) bond motifs is 1. The summed E-state index contributed by atoms with van der Waals surface area (Å²) >= 11 is 1.54. The molecule has 0 saturated carbocycles. The van der Waals surface area contributed by atoms with Gasteiger partial charge in [0.05, 0.1) is 40.9 Å². The number of carbonyl (C=O) groups is 3. The second-order valence-corrected chi connectivity index (χ2v) is 8.58. The molecule has 0 fully saturated rings. The number of thiazole rings is 1. The summed E-state index contributed by atoms with van der Waals surface area (Å²) in [6.07, 6.45) is 0.716. The van der Waals surface area contributed by atoms with Crippen LogP contribution >= 0.6 is 11.3 Å². The van der Waals surface area contributed by atoms with Crippen molar-refractivity contribution >= 4 is 40.5 Å². The van der Waals surface area contributed by atoms with Gasteiger partial charge in [-0.25, -0.2) is 9.78 Å². The third kappa shape index (κ3) is 5.67. The molecule has 2 aromatic carbocycles. The summed E-state index contributed by atoms with van der Waals surface area (Å²) in [5, 5.41) is 5.61. The van der Waals surface area contributed by atoms with Gasteiger partial charge in [-0.2, -0.15) is 0 Å². The fraction of sp³-hybridized carbons (Fsp3) is 0.280. The number of methoxy groups -OCH3 is 1. The van der Waals surface area contributed by atoms with Gasteiger partial charge < -0.3 is 19.5 Å². The van der Waals surface area contributed by atoms with Crippen LogP contribution in [-0.2, 0) is 25.5 Å². The van der Waals surface area contributed by atoms with Gasteiger partial charge in [0.15, 0.2) is 6.61 Å². The van der Waals surface area contributed by atoms with Crippen LogP contribution in [0, 0.1) is 0 Å². The Kier molecular flexibility index (Phi) is 7.74. The van der Waals surface area contributed by atoms with Crippen LogP contribution in [0.3, 0.4) is 0 Å². The molecule has 1 N–H and O–H groups in total. The first-order valence-corrected chi connectivity index (χ1v) is 11.9. The standard InChI is InChI=1S/C25H25N3O6S/c1-3-33-25(31)17-6-4-5-7-18(17)26-22(29)13-28-20-12-16(8-9-21(20)34-14-24(28)30)19-15-35-23(27-19)10-11-32-2/h4-9,12,15H,3,10-11,13-14H2,1-2H3,(H,26,29). The molecule has 4 rings (SSSR count). The van der Waals surface area contributed by atoms with E-state index in [4.69, 9.17) is 14.2 Å². The fourth-order valence-corrected chi connectivity index (χ4v) is 4.38. The quantitative estimate of drug-likeness (QED) is 0.453. The Bertz CT molecular complexity index is 1240. The van der Waals surface area contributed by atoms with Crippen LogP contribution in [0.15, 0.2) is 47.8 Å². The lowest BCUT2D eigenvalue weighted by Gasteiger charge is -2.29. The van der Waals surface area contributed by atoms with E-state index in [2.05, 4.69) is 10.3 Å². The van der Waals surface area contributed by atoms with E-state index < -0.39 is 11.9 Å².